The van der Waals surface area contributed by atoms with Crippen LogP contribution in [0.4, 0.5) is 22.0 Å². The number of halogens is 7. The summed E-state index contributed by atoms with van der Waals surface area (Å²) in [6.07, 6.45) is -7.68. The monoisotopic (exact) mass is 357 g/mol. The molecular weight excluding hydrogens is 355 g/mol. The molecule has 0 atom stereocenters. The van der Waals surface area contributed by atoms with Crippen molar-refractivity contribution in [3.63, 3.8) is 0 Å². The number of rotatable bonds is 1. The average molecular weight is 357 g/mol. The molecule has 0 unspecified atom stereocenters. The summed E-state index contributed by atoms with van der Waals surface area (Å²) in [6.45, 7) is 0. The molecule has 0 saturated heterocycles. The summed E-state index contributed by atoms with van der Waals surface area (Å²) < 4.78 is 61.6. The van der Waals surface area contributed by atoms with Gasteiger partial charge in [0.15, 0.2) is 0 Å². The second-order valence-electron chi connectivity index (χ2n) is 2.49. The molecule has 0 radical (unpaired) electrons. The summed E-state index contributed by atoms with van der Waals surface area (Å²) >= 11 is 6.75. The molecule has 0 saturated carbocycles. The first-order valence-corrected chi connectivity index (χ1v) is 4.90. The van der Waals surface area contributed by atoms with Crippen LogP contribution in [0.15, 0.2) is 6.20 Å². The molecule has 84 valence electrons. The molecule has 0 amide bonds. The summed E-state index contributed by atoms with van der Waals surface area (Å²) in [7, 11) is 0. The molecule has 1 nitrogen and oxygen atoms in total. The third-order valence-electron chi connectivity index (χ3n) is 1.52. The first-order chi connectivity index (χ1) is 6.75. The number of aromatic nitrogens is 1. The Morgan fingerprint density at radius 3 is 2.27 bits per heavy atom. The van der Waals surface area contributed by atoms with Crippen molar-refractivity contribution < 1.29 is 22.0 Å². The van der Waals surface area contributed by atoms with Crippen LogP contribution >= 0.6 is 34.2 Å². The van der Waals surface area contributed by atoms with Gasteiger partial charge in [-0.3, -0.25) is 0 Å². The third-order valence-corrected chi connectivity index (χ3v) is 3.03. The van der Waals surface area contributed by atoms with Gasteiger partial charge in [0, 0.05) is 11.8 Å². The average Bonchev–Trinajstić information content (AvgIpc) is 2.06. The molecule has 0 spiro atoms. The maximum Gasteiger partial charge on any atom is 0.418 e. The van der Waals surface area contributed by atoms with Crippen LogP contribution in [0.5, 0.6) is 0 Å². The van der Waals surface area contributed by atoms with E-state index in [9.17, 15) is 22.0 Å². The minimum Gasteiger partial charge on any atom is -0.248 e. The predicted octanol–water partition coefficient (Wildman–Crippen LogP) is 4.30. The van der Waals surface area contributed by atoms with Gasteiger partial charge in [-0.2, -0.15) is 13.2 Å². The first-order valence-electron chi connectivity index (χ1n) is 3.44. The maximum absolute atomic E-state index is 12.4. The summed E-state index contributed by atoms with van der Waals surface area (Å²) in [5, 5.41) is -0.791. The van der Waals surface area contributed by atoms with Crippen molar-refractivity contribution in [2.75, 3.05) is 0 Å². The molecule has 0 aliphatic carbocycles. The molecule has 0 aromatic carbocycles. The molecular formula is C7H2ClF5IN. The minimum atomic E-state index is -4.91. The van der Waals surface area contributed by atoms with Gasteiger partial charge < -0.3 is 0 Å². The van der Waals surface area contributed by atoms with Gasteiger partial charge in [0.2, 0.25) is 0 Å². The van der Waals surface area contributed by atoms with Gasteiger partial charge in [-0.25, -0.2) is 13.8 Å². The summed E-state index contributed by atoms with van der Waals surface area (Å²) in [4.78, 5) is 3.35. The Morgan fingerprint density at radius 1 is 1.33 bits per heavy atom. The Bertz CT molecular complexity index is 378. The van der Waals surface area contributed by atoms with Crippen LogP contribution in [0.3, 0.4) is 0 Å². The quantitative estimate of drug-likeness (QED) is 0.415. The van der Waals surface area contributed by atoms with Gasteiger partial charge >= 0.3 is 6.18 Å². The van der Waals surface area contributed by atoms with Crippen molar-refractivity contribution in [1.29, 1.82) is 0 Å². The van der Waals surface area contributed by atoms with E-state index in [1.165, 1.54) is 22.6 Å². The van der Waals surface area contributed by atoms with Crippen molar-refractivity contribution in [3.05, 3.63) is 26.0 Å². The lowest BCUT2D eigenvalue weighted by molar-refractivity contribution is -0.139. The fraction of sp³-hybridized carbons (Fsp3) is 0.286. The van der Waals surface area contributed by atoms with Gasteiger partial charge in [0.1, 0.15) is 3.70 Å². The van der Waals surface area contributed by atoms with E-state index in [4.69, 9.17) is 11.6 Å². The van der Waals surface area contributed by atoms with Crippen LogP contribution in [0.1, 0.15) is 17.6 Å². The Hall–Kier alpha value is -0.180. The molecule has 0 N–H and O–H groups in total. The van der Waals surface area contributed by atoms with Crippen LogP contribution in [0.25, 0.3) is 0 Å². The molecule has 1 aromatic rings. The first kappa shape index (κ1) is 12.9. The van der Waals surface area contributed by atoms with Crippen LogP contribution in [-0.2, 0) is 6.18 Å². The Morgan fingerprint density at radius 2 is 1.87 bits per heavy atom. The van der Waals surface area contributed by atoms with E-state index in [0.717, 1.165) is 0 Å². The second-order valence-corrected chi connectivity index (χ2v) is 3.89. The second kappa shape index (κ2) is 4.36. The highest BCUT2D eigenvalue weighted by molar-refractivity contribution is 14.1. The maximum atomic E-state index is 12.4. The standard InChI is InChI=1S/C7H2ClF5IN/c8-4-3(7(11,12)13)2(5(9)10)1-15-6(4)14/h1,5H. The Kier molecular flexibility index (Phi) is 3.75. The van der Waals surface area contributed by atoms with Gasteiger partial charge in [0.25, 0.3) is 6.43 Å². The van der Waals surface area contributed by atoms with E-state index in [1.54, 1.807) is 0 Å². The molecule has 0 bridgehead atoms. The smallest absolute Gasteiger partial charge is 0.248 e. The van der Waals surface area contributed by atoms with Crippen LogP contribution in [0, 0.1) is 3.70 Å². The fourth-order valence-electron chi connectivity index (χ4n) is 0.931. The number of hydrogen-bond donors (Lipinski definition) is 0. The lowest BCUT2D eigenvalue weighted by Crippen LogP contribution is -2.12. The molecule has 0 aliphatic heterocycles. The van der Waals surface area contributed by atoms with Crippen molar-refractivity contribution in [1.82, 2.24) is 4.98 Å². The van der Waals surface area contributed by atoms with Crippen LogP contribution in [-0.4, -0.2) is 4.98 Å². The van der Waals surface area contributed by atoms with Crippen molar-refractivity contribution in [2.24, 2.45) is 0 Å². The topological polar surface area (TPSA) is 12.9 Å². The van der Waals surface area contributed by atoms with Gasteiger partial charge in [0.05, 0.1) is 10.6 Å². The van der Waals surface area contributed by atoms with Gasteiger partial charge in [-0.15, -0.1) is 0 Å². The van der Waals surface area contributed by atoms with Gasteiger partial charge in [-0.05, 0) is 22.6 Å². The fourth-order valence-corrected chi connectivity index (χ4v) is 1.60. The number of nitrogens with zero attached hydrogens (tertiary/aromatic N) is 1. The zero-order chi connectivity index (χ0) is 11.8. The molecule has 15 heavy (non-hydrogen) atoms. The molecule has 0 fully saturated rings. The van der Waals surface area contributed by atoms with Crippen molar-refractivity contribution >= 4 is 34.2 Å². The SMILES string of the molecule is FC(F)c1cnc(I)c(Cl)c1C(F)(F)F. The summed E-state index contributed by atoms with van der Waals surface area (Å²) in [5.74, 6) is 0. The zero-order valence-corrected chi connectivity index (χ0v) is 9.66. The van der Waals surface area contributed by atoms with Crippen molar-refractivity contribution in [2.45, 2.75) is 12.6 Å². The minimum absolute atomic E-state index is 0.161. The highest BCUT2D eigenvalue weighted by Crippen LogP contribution is 2.41. The van der Waals surface area contributed by atoms with Crippen LogP contribution in [0.2, 0.25) is 5.02 Å². The van der Waals surface area contributed by atoms with E-state index in [-0.39, 0.29) is 3.70 Å². The summed E-state index contributed by atoms with van der Waals surface area (Å²) in [5.41, 5.74) is -2.72. The van der Waals surface area contributed by atoms with E-state index < -0.39 is 28.8 Å². The van der Waals surface area contributed by atoms with Gasteiger partial charge in [-0.1, -0.05) is 11.6 Å². The van der Waals surface area contributed by atoms with E-state index in [0.29, 0.717) is 6.20 Å². The number of hydrogen-bond acceptors (Lipinski definition) is 1. The molecule has 1 rings (SSSR count). The Balaban J connectivity index is 3.49. The molecule has 0 aliphatic rings. The van der Waals surface area contributed by atoms with Crippen LogP contribution < -0.4 is 0 Å². The summed E-state index contributed by atoms with van der Waals surface area (Å²) in [6, 6.07) is 0. The highest BCUT2D eigenvalue weighted by Gasteiger charge is 2.39. The lowest BCUT2D eigenvalue weighted by Gasteiger charge is -2.14. The molecule has 8 heteroatoms. The normalized spacial score (nSPS) is 12.3. The zero-order valence-electron chi connectivity index (χ0n) is 6.75. The molecule has 1 heterocycles. The molecule has 1 aromatic heterocycles. The third kappa shape index (κ3) is 2.68. The number of pyridine rings is 1. The van der Waals surface area contributed by atoms with E-state index in [1.807, 2.05) is 0 Å². The predicted molar refractivity (Wildman–Crippen MR) is 51.9 cm³/mol. The van der Waals surface area contributed by atoms with Crippen molar-refractivity contribution in [3.8, 4) is 0 Å². The lowest BCUT2D eigenvalue weighted by atomic mass is 10.1. The Labute approximate surface area is 99.8 Å². The van der Waals surface area contributed by atoms with E-state index in [2.05, 4.69) is 4.98 Å². The highest BCUT2D eigenvalue weighted by atomic mass is 127. The number of alkyl halides is 5. The van der Waals surface area contributed by atoms with E-state index >= 15 is 0 Å². The largest absolute Gasteiger partial charge is 0.418 e.